The van der Waals surface area contributed by atoms with Crippen LogP contribution in [-0.2, 0) is 4.74 Å². The first-order valence-corrected chi connectivity index (χ1v) is 5.44. The molecule has 0 fully saturated rings. The van der Waals surface area contributed by atoms with E-state index >= 15 is 0 Å². The molecular weight excluding hydrogens is 186 g/mol. The largest absolute Gasteiger partial charge is 0.383 e. The van der Waals surface area contributed by atoms with Gasteiger partial charge in [0, 0.05) is 7.11 Å². The summed E-state index contributed by atoms with van der Waals surface area (Å²) in [5.74, 6) is 0.776. The van der Waals surface area contributed by atoms with E-state index in [4.69, 9.17) is 16.3 Å². The normalized spacial score (nSPS) is 13.6. The molecule has 0 amide bonds. The number of methoxy groups -OCH3 is 1. The van der Waals surface area contributed by atoms with Crippen LogP contribution in [0.4, 0.5) is 0 Å². The minimum absolute atomic E-state index is 0.150. The molecule has 0 rings (SSSR count). The molecule has 0 aliphatic heterocycles. The first-order valence-electron chi connectivity index (χ1n) is 5.00. The third-order valence-corrected chi connectivity index (χ3v) is 2.22. The van der Waals surface area contributed by atoms with Crippen LogP contribution in [-0.4, -0.2) is 32.2 Å². The van der Waals surface area contributed by atoms with Crippen LogP contribution in [0.3, 0.4) is 0 Å². The van der Waals surface area contributed by atoms with Gasteiger partial charge in [0.2, 0.25) is 0 Å². The molecule has 0 aromatic rings. The Bertz CT molecular complexity index is 109. The van der Waals surface area contributed by atoms with E-state index in [0.29, 0.717) is 6.61 Å². The molecule has 80 valence electrons. The molecule has 0 aromatic carbocycles. The third kappa shape index (κ3) is 10.1. The van der Waals surface area contributed by atoms with E-state index < -0.39 is 0 Å². The Morgan fingerprint density at radius 1 is 1.23 bits per heavy atom. The van der Waals surface area contributed by atoms with Gasteiger partial charge in [0.25, 0.3) is 0 Å². The first kappa shape index (κ1) is 13.2. The van der Waals surface area contributed by atoms with Gasteiger partial charge in [0.05, 0.1) is 12.0 Å². The fourth-order valence-corrected chi connectivity index (χ4v) is 1.27. The van der Waals surface area contributed by atoms with Gasteiger partial charge in [-0.25, -0.2) is 0 Å². The molecular formula is C10H22ClNO. The van der Waals surface area contributed by atoms with Crippen molar-refractivity contribution in [3.63, 3.8) is 0 Å². The molecule has 0 bridgehead atoms. The van der Waals surface area contributed by atoms with Gasteiger partial charge in [0.15, 0.2) is 0 Å². The predicted octanol–water partition coefficient (Wildman–Crippen LogP) is 2.27. The zero-order valence-corrected chi connectivity index (χ0v) is 9.73. The summed E-state index contributed by atoms with van der Waals surface area (Å²) in [5, 5.41) is 3.52. The predicted molar refractivity (Wildman–Crippen MR) is 58.5 cm³/mol. The summed E-state index contributed by atoms with van der Waals surface area (Å²) in [7, 11) is 1.68. The van der Waals surface area contributed by atoms with Crippen molar-refractivity contribution in [3.8, 4) is 0 Å². The highest BCUT2D eigenvalue weighted by Gasteiger charge is 2.02. The van der Waals surface area contributed by atoms with Crippen LogP contribution < -0.4 is 5.32 Å². The lowest BCUT2D eigenvalue weighted by molar-refractivity contribution is 0.195. The maximum absolute atomic E-state index is 5.96. The number of hydrogen-bond acceptors (Lipinski definition) is 2. The second-order valence-corrected chi connectivity index (χ2v) is 4.39. The highest BCUT2D eigenvalue weighted by molar-refractivity contribution is 6.20. The van der Waals surface area contributed by atoms with Crippen molar-refractivity contribution in [2.75, 3.05) is 26.8 Å². The van der Waals surface area contributed by atoms with Crippen molar-refractivity contribution >= 4 is 11.6 Å². The second kappa shape index (κ2) is 8.79. The lowest BCUT2D eigenvalue weighted by Crippen LogP contribution is -2.22. The van der Waals surface area contributed by atoms with E-state index in [1.54, 1.807) is 7.11 Å². The molecule has 0 heterocycles. The summed E-state index contributed by atoms with van der Waals surface area (Å²) >= 11 is 5.96. The molecule has 2 nitrogen and oxygen atoms in total. The number of alkyl halides is 1. The van der Waals surface area contributed by atoms with Crippen molar-refractivity contribution in [1.82, 2.24) is 5.32 Å². The van der Waals surface area contributed by atoms with Crippen LogP contribution >= 0.6 is 11.6 Å². The molecule has 1 atom stereocenters. The number of halogens is 1. The molecule has 1 unspecified atom stereocenters. The van der Waals surface area contributed by atoms with Crippen molar-refractivity contribution < 1.29 is 4.74 Å². The van der Waals surface area contributed by atoms with E-state index in [-0.39, 0.29) is 5.38 Å². The summed E-state index contributed by atoms with van der Waals surface area (Å²) in [6.07, 6.45) is 2.21. The van der Waals surface area contributed by atoms with Gasteiger partial charge in [-0.1, -0.05) is 13.8 Å². The van der Waals surface area contributed by atoms with Gasteiger partial charge in [-0.2, -0.15) is 0 Å². The first-order chi connectivity index (χ1) is 6.16. The van der Waals surface area contributed by atoms with E-state index in [1.165, 1.54) is 6.42 Å². The fourth-order valence-electron chi connectivity index (χ4n) is 1.04. The van der Waals surface area contributed by atoms with Gasteiger partial charge in [-0.15, -0.1) is 11.6 Å². The Hall–Kier alpha value is 0.210. The van der Waals surface area contributed by atoms with E-state index in [0.717, 1.165) is 25.4 Å². The summed E-state index contributed by atoms with van der Waals surface area (Å²) in [6, 6.07) is 0. The second-order valence-electron chi connectivity index (χ2n) is 3.77. The standard InChI is InChI=1S/C10H22ClNO/c1-9(2)4-6-12-7-5-10(11)8-13-3/h9-10,12H,4-8H2,1-3H3. The van der Waals surface area contributed by atoms with Crippen LogP contribution in [0.5, 0.6) is 0 Å². The molecule has 0 saturated heterocycles. The van der Waals surface area contributed by atoms with Crippen molar-refractivity contribution in [2.24, 2.45) is 5.92 Å². The van der Waals surface area contributed by atoms with Crippen molar-refractivity contribution in [1.29, 1.82) is 0 Å². The van der Waals surface area contributed by atoms with Crippen LogP contribution in [0, 0.1) is 5.92 Å². The summed E-state index contributed by atoms with van der Waals surface area (Å²) < 4.78 is 4.94. The van der Waals surface area contributed by atoms with Crippen molar-refractivity contribution in [3.05, 3.63) is 0 Å². The zero-order valence-electron chi connectivity index (χ0n) is 8.98. The maximum atomic E-state index is 5.96. The highest BCUT2D eigenvalue weighted by atomic mass is 35.5. The fraction of sp³-hybridized carbons (Fsp3) is 1.00. The summed E-state index contributed by atoms with van der Waals surface area (Å²) in [6.45, 7) is 7.19. The number of rotatable bonds is 8. The SMILES string of the molecule is COCC(Cl)CCNCCC(C)C. The zero-order chi connectivity index (χ0) is 10.1. The highest BCUT2D eigenvalue weighted by Crippen LogP contribution is 2.01. The quantitative estimate of drug-likeness (QED) is 0.487. The number of ether oxygens (including phenoxy) is 1. The lowest BCUT2D eigenvalue weighted by Gasteiger charge is -2.09. The van der Waals surface area contributed by atoms with Crippen LogP contribution in [0.15, 0.2) is 0 Å². The van der Waals surface area contributed by atoms with Gasteiger partial charge >= 0.3 is 0 Å². The number of hydrogen-bond donors (Lipinski definition) is 1. The Morgan fingerprint density at radius 3 is 2.38 bits per heavy atom. The molecule has 13 heavy (non-hydrogen) atoms. The van der Waals surface area contributed by atoms with E-state index in [1.807, 2.05) is 0 Å². The molecule has 0 aliphatic carbocycles. The topological polar surface area (TPSA) is 21.3 Å². The molecule has 0 aromatic heterocycles. The Balaban J connectivity index is 3.06. The average Bonchev–Trinajstić information content (AvgIpc) is 2.03. The third-order valence-electron chi connectivity index (χ3n) is 1.88. The van der Waals surface area contributed by atoms with Gasteiger partial charge in [0.1, 0.15) is 0 Å². The smallest absolute Gasteiger partial charge is 0.0626 e. The molecule has 0 radical (unpaired) electrons. The Labute approximate surface area is 87.0 Å². The molecule has 0 saturated carbocycles. The van der Waals surface area contributed by atoms with E-state index in [2.05, 4.69) is 19.2 Å². The summed E-state index contributed by atoms with van der Waals surface area (Å²) in [4.78, 5) is 0. The molecule has 0 spiro atoms. The minimum atomic E-state index is 0.150. The van der Waals surface area contributed by atoms with Crippen LogP contribution in [0.1, 0.15) is 26.7 Å². The molecule has 3 heteroatoms. The molecule has 0 aliphatic rings. The van der Waals surface area contributed by atoms with Crippen molar-refractivity contribution in [2.45, 2.75) is 32.1 Å². The maximum Gasteiger partial charge on any atom is 0.0626 e. The monoisotopic (exact) mass is 207 g/mol. The minimum Gasteiger partial charge on any atom is -0.383 e. The Kier molecular flexibility index (Phi) is 8.93. The van der Waals surface area contributed by atoms with Gasteiger partial charge in [-0.05, 0) is 31.8 Å². The summed E-state index contributed by atoms with van der Waals surface area (Å²) in [5.41, 5.74) is 0. The number of nitrogens with one attached hydrogen (secondary N) is 1. The van der Waals surface area contributed by atoms with E-state index in [9.17, 15) is 0 Å². The van der Waals surface area contributed by atoms with Gasteiger partial charge < -0.3 is 10.1 Å². The molecule has 1 N–H and O–H groups in total. The van der Waals surface area contributed by atoms with Gasteiger partial charge in [-0.3, -0.25) is 0 Å². The van der Waals surface area contributed by atoms with Crippen LogP contribution in [0.2, 0.25) is 0 Å². The Morgan fingerprint density at radius 2 is 1.85 bits per heavy atom. The van der Waals surface area contributed by atoms with Crippen LogP contribution in [0.25, 0.3) is 0 Å². The lowest BCUT2D eigenvalue weighted by atomic mass is 10.1. The average molecular weight is 208 g/mol.